The molecule has 0 saturated heterocycles. The molecule has 0 saturated carbocycles. The van der Waals surface area contributed by atoms with Crippen molar-refractivity contribution in [1.29, 1.82) is 0 Å². The van der Waals surface area contributed by atoms with E-state index in [1.165, 1.54) is 18.2 Å². The maximum Gasteiger partial charge on any atom is 0.388 e. The van der Waals surface area contributed by atoms with Gasteiger partial charge >= 0.3 is 23.9 Å². The third-order valence-electron chi connectivity index (χ3n) is 3.56. The van der Waals surface area contributed by atoms with Crippen molar-refractivity contribution < 1.29 is 43.5 Å². The molecule has 13 heteroatoms. The number of carbonyl (C=O) groups excluding carboxylic acids is 5. The van der Waals surface area contributed by atoms with E-state index >= 15 is 0 Å². The molecule has 0 aliphatic rings. The van der Waals surface area contributed by atoms with Gasteiger partial charge in [-0.2, -0.15) is 0 Å². The number of hydrogen-bond donors (Lipinski definition) is 4. The molecule has 1 amide bonds. The van der Waals surface area contributed by atoms with Gasteiger partial charge in [0.25, 0.3) is 0 Å². The van der Waals surface area contributed by atoms with Gasteiger partial charge in [0.15, 0.2) is 0 Å². The summed E-state index contributed by atoms with van der Waals surface area (Å²) in [7, 11) is 0. The molecule has 0 fully saturated rings. The Hall–Kier alpha value is -3.71. The molecule has 164 valence electrons. The highest BCUT2D eigenvalue weighted by Crippen LogP contribution is 2.12. The highest BCUT2D eigenvalue weighted by atomic mass is 17.2. The van der Waals surface area contributed by atoms with E-state index in [0.717, 1.165) is 0 Å². The second kappa shape index (κ2) is 12.0. The second-order valence-corrected chi connectivity index (χ2v) is 5.97. The summed E-state index contributed by atoms with van der Waals surface area (Å²) in [6, 6.07) is 3.39. The van der Waals surface area contributed by atoms with E-state index in [9.17, 15) is 24.0 Å². The van der Waals surface area contributed by atoms with Crippen LogP contribution in [-0.4, -0.2) is 41.9 Å². The molecular weight excluding hydrogens is 404 g/mol. The number of anilines is 1. The number of amides is 1. The summed E-state index contributed by atoms with van der Waals surface area (Å²) in [6.07, 6.45) is -0.938. The van der Waals surface area contributed by atoms with Gasteiger partial charge in [-0.3, -0.25) is 4.79 Å². The molecule has 0 aliphatic heterocycles. The summed E-state index contributed by atoms with van der Waals surface area (Å²) in [5, 5.41) is 0. The van der Waals surface area contributed by atoms with Gasteiger partial charge in [-0.1, -0.05) is 12.1 Å². The van der Waals surface area contributed by atoms with Crippen LogP contribution in [0.2, 0.25) is 0 Å². The van der Waals surface area contributed by atoms with Crippen molar-refractivity contribution in [3.05, 3.63) is 29.8 Å². The van der Waals surface area contributed by atoms with Crippen molar-refractivity contribution in [1.82, 2.24) is 0 Å². The Morgan fingerprint density at radius 1 is 0.800 bits per heavy atom. The van der Waals surface area contributed by atoms with Gasteiger partial charge in [0.2, 0.25) is 5.91 Å². The summed E-state index contributed by atoms with van der Waals surface area (Å²) in [6.45, 7) is 0. The van der Waals surface area contributed by atoms with E-state index in [4.69, 9.17) is 22.9 Å². The summed E-state index contributed by atoms with van der Waals surface area (Å²) in [4.78, 5) is 74.2. The zero-order chi connectivity index (χ0) is 22.7. The van der Waals surface area contributed by atoms with Crippen LogP contribution in [0.4, 0.5) is 5.69 Å². The molecule has 0 aliphatic carbocycles. The molecule has 0 spiro atoms. The third kappa shape index (κ3) is 8.53. The van der Waals surface area contributed by atoms with Gasteiger partial charge in [-0.15, -0.1) is 0 Å². The molecule has 13 nitrogen and oxygen atoms in total. The summed E-state index contributed by atoms with van der Waals surface area (Å²) in [5.41, 5.74) is 21.5. The fraction of sp³-hybridized carbons (Fsp3) is 0.353. The molecule has 8 N–H and O–H groups in total. The molecular formula is C17H22N4O9. The summed E-state index contributed by atoms with van der Waals surface area (Å²) in [5.74, 6) is -4.90. The SMILES string of the molecule is NC(=O)CCC(N)C(=O)OOC(=O)CC[C@@H](N)C(=O)OOC(=O)c1ccccc1N. The lowest BCUT2D eigenvalue weighted by molar-refractivity contribution is -0.260. The van der Waals surface area contributed by atoms with Gasteiger partial charge in [0.05, 0.1) is 12.0 Å². The minimum Gasteiger partial charge on any atom is -0.398 e. The third-order valence-corrected chi connectivity index (χ3v) is 3.56. The van der Waals surface area contributed by atoms with Crippen LogP contribution < -0.4 is 22.9 Å². The highest BCUT2D eigenvalue weighted by Gasteiger charge is 2.23. The molecule has 30 heavy (non-hydrogen) atoms. The monoisotopic (exact) mass is 426 g/mol. The number of rotatable bonds is 9. The van der Waals surface area contributed by atoms with Crippen molar-refractivity contribution in [2.75, 3.05) is 5.73 Å². The lowest BCUT2D eigenvalue weighted by atomic mass is 10.2. The number of para-hydroxylation sites is 1. The Labute approximate surface area is 170 Å². The van der Waals surface area contributed by atoms with E-state index < -0.39 is 48.3 Å². The Balaban J connectivity index is 2.31. The number of primary amides is 1. The summed E-state index contributed by atoms with van der Waals surface area (Å²) >= 11 is 0. The van der Waals surface area contributed by atoms with Crippen LogP contribution >= 0.6 is 0 Å². The van der Waals surface area contributed by atoms with Crippen molar-refractivity contribution >= 4 is 35.5 Å². The lowest BCUT2D eigenvalue weighted by Crippen LogP contribution is -2.35. The minimum absolute atomic E-state index is 0.0155. The number of nitrogens with two attached hydrogens (primary N) is 4. The Morgan fingerprint density at radius 3 is 1.90 bits per heavy atom. The van der Waals surface area contributed by atoms with Gasteiger partial charge in [0.1, 0.15) is 12.1 Å². The zero-order valence-electron chi connectivity index (χ0n) is 15.8. The first-order valence-electron chi connectivity index (χ1n) is 8.59. The molecule has 2 atom stereocenters. The van der Waals surface area contributed by atoms with E-state index in [1.807, 2.05) is 0 Å². The van der Waals surface area contributed by atoms with E-state index in [1.54, 1.807) is 6.07 Å². The van der Waals surface area contributed by atoms with Crippen molar-refractivity contribution in [2.24, 2.45) is 17.2 Å². The van der Waals surface area contributed by atoms with Crippen molar-refractivity contribution in [3.63, 3.8) is 0 Å². The second-order valence-electron chi connectivity index (χ2n) is 5.97. The number of hydrogen-bond acceptors (Lipinski definition) is 12. The van der Waals surface area contributed by atoms with Gasteiger partial charge in [0, 0.05) is 12.1 Å². The van der Waals surface area contributed by atoms with E-state index in [2.05, 4.69) is 19.6 Å². The molecule has 0 radical (unpaired) electrons. The number of nitrogen functional groups attached to an aromatic ring is 1. The van der Waals surface area contributed by atoms with Gasteiger partial charge in [-0.25, -0.2) is 38.7 Å². The Kier molecular flexibility index (Phi) is 9.72. The van der Waals surface area contributed by atoms with E-state index in [-0.39, 0.29) is 30.5 Å². The van der Waals surface area contributed by atoms with Crippen LogP contribution in [0.3, 0.4) is 0 Å². The topological polar surface area (TPSA) is 226 Å². The summed E-state index contributed by atoms with van der Waals surface area (Å²) < 4.78 is 0. The molecule has 1 aromatic rings. The van der Waals surface area contributed by atoms with Crippen LogP contribution in [0.1, 0.15) is 36.0 Å². The molecule has 0 bridgehead atoms. The normalized spacial score (nSPS) is 12.2. The first kappa shape index (κ1) is 24.3. The maximum absolute atomic E-state index is 11.8. The molecule has 1 aromatic carbocycles. The first-order valence-corrected chi connectivity index (χ1v) is 8.59. The van der Waals surface area contributed by atoms with Crippen LogP contribution in [0.25, 0.3) is 0 Å². The molecule has 1 unspecified atom stereocenters. The number of benzene rings is 1. The maximum atomic E-state index is 11.8. The van der Waals surface area contributed by atoms with Crippen LogP contribution in [0, 0.1) is 0 Å². The van der Waals surface area contributed by atoms with Gasteiger partial charge < -0.3 is 22.9 Å². The standard InChI is InChI=1S/C17H22N4O9/c18-10-4-2-1-3-9(10)15(24)28-30-17(26)12(20)6-8-14(23)27-29-16(25)11(19)5-7-13(21)22/h1-4,11-12H,5-8,18-20H2,(H2,21,22)/t11?,12-/m1/s1. The highest BCUT2D eigenvalue weighted by molar-refractivity contribution is 5.95. The smallest absolute Gasteiger partial charge is 0.388 e. The predicted octanol–water partition coefficient (Wildman–Crippen LogP) is -1.41. The predicted molar refractivity (Wildman–Crippen MR) is 98.2 cm³/mol. The average molecular weight is 426 g/mol. The minimum atomic E-state index is -1.34. The first-order chi connectivity index (χ1) is 14.1. The Morgan fingerprint density at radius 2 is 1.33 bits per heavy atom. The molecule has 1 rings (SSSR count). The quantitative estimate of drug-likeness (QED) is 0.203. The van der Waals surface area contributed by atoms with Crippen LogP contribution in [0.5, 0.6) is 0 Å². The van der Waals surface area contributed by atoms with Crippen LogP contribution in [0.15, 0.2) is 24.3 Å². The Bertz CT molecular complexity index is 799. The average Bonchev–Trinajstić information content (AvgIpc) is 2.72. The van der Waals surface area contributed by atoms with Gasteiger partial charge in [-0.05, 0) is 25.0 Å². The largest absolute Gasteiger partial charge is 0.398 e. The van der Waals surface area contributed by atoms with Crippen molar-refractivity contribution in [3.8, 4) is 0 Å². The zero-order valence-corrected chi connectivity index (χ0v) is 15.8. The molecule has 0 heterocycles. The number of carbonyl (C=O) groups is 5. The fourth-order valence-corrected chi connectivity index (χ4v) is 1.87. The van der Waals surface area contributed by atoms with E-state index in [0.29, 0.717) is 0 Å². The lowest BCUT2D eigenvalue weighted by Gasteiger charge is -2.10. The van der Waals surface area contributed by atoms with Crippen LogP contribution in [-0.2, 0) is 38.7 Å². The van der Waals surface area contributed by atoms with Crippen molar-refractivity contribution in [2.45, 2.75) is 37.8 Å². The fourth-order valence-electron chi connectivity index (χ4n) is 1.87. The molecule has 0 aromatic heterocycles.